The largest absolute Gasteiger partial charge is 0.351 e. The van der Waals surface area contributed by atoms with Crippen molar-refractivity contribution in [3.05, 3.63) is 36.4 Å². The number of hydrogen-bond acceptors (Lipinski definition) is 2. The Morgan fingerprint density at radius 2 is 0.892 bits per heavy atom. The number of benzene rings is 2. The third-order valence-electron chi connectivity index (χ3n) is 8.52. The predicted octanol–water partition coefficient (Wildman–Crippen LogP) is 11.3. The van der Waals surface area contributed by atoms with Crippen LogP contribution in [-0.4, -0.2) is 19.3 Å². The van der Waals surface area contributed by atoms with E-state index in [1.54, 1.807) is 0 Å². The van der Waals surface area contributed by atoms with Crippen molar-refractivity contribution >= 4 is 22.1 Å². The molecule has 2 heteroatoms. The van der Waals surface area contributed by atoms with Crippen LogP contribution in [0.4, 0.5) is 11.4 Å². The molecule has 0 N–H and O–H groups in total. The molecule has 2 nitrogen and oxygen atoms in total. The lowest BCUT2D eigenvalue weighted by molar-refractivity contribution is 0.460. The molecule has 0 atom stereocenters. The molecule has 0 bridgehead atoms. The van der Waals surface area contributed by atoms with Crippen molar-refractivity contribution in [3.63, 3.8) is 0 Å². The van der Waals surface area contributed by atoms with Crippen LogP contribution in [0.5, 0.6) is 0 Å². The van der Waals surface area contributed by atoms with Gasteiger partial charge in [0.2, 0.25) is 0 Å². The minimum absolute atomic E-state index is 0.512. The first-order valence-corrected chi connectivity index (χ1v) is 16.4. The van der Waals surface area contributed by atoms with Gasteiger partial charge in [0, 0.05) is 29.9 Å². The Bertz CT molecular complexity index is 801. The summed E-state index contributed by atoms with van der Waals surface area (Å²) in [6, 6.07) is 14.1. The Morgan fingerprint density at radius 1 is 0.486 bits per heavy atom. The van der Waals surface area contributed by atoms with E-state index in [9.17, 15) is 0 Å². The summed E-state index contributed by atoms with van der Waals surface area (Å²) in [5, 5.41) is 2.91. The zero-order chi connectivity index (χ0) is 26.1. The second kappa shape index (κ2) is 17.7. The summed E-state index contributed by atoms with van der Waals surface area (Å²) in [6.45, 7) is 9.36. The number of anilines is 2. The fourth-order valence-electron chi connectivity index (χ4n) is 6.35. The molecule has 0 radical (unpaired) electrons. The summed E-state index contributed by atoms with van der Waals surface area (Å²) in [6.07, 6.45) is 26.5. The lowest BCUT2D eigenvalue weighted by Crippen LogP contribution is -2.52. The van der Waals surface area contributed by atoms with Crippen LogP contribution in [0.1, 0.15) is 143 Å². The van der Waals surface area contributed by atoms with Crippen LogP contribution in [-0.2, 0) is 0 Å². The lowest BCUT2D eigenvalue weighted by atomic mass is 9.97. The van der Waals surface area contributed by atoms with Gasteiger partial charge in [-0.3, -0.25) is 0 Å². The molecule has 208 valence electrons. The van der Waals surface area contributed by atoms with Gasteiger partial charge in [-0.25, -0.2) is 0 Å². The Balaban J connectivity index is 1.77. The van der Waals surface area contributed by atoms with Gasteiger partial charge in [0.25, 0.3) is 0 Å². The molecule has 1 aliphatic heterocycles. The molecule has 37 heavy (non-hydrogen) atoms. The number of unbranched alkanes of at least 4 members (excludes halogenated alkanes) is 15. The number of hydrogen-bond donors (Lipinski definition) is 0. The van der Waals surface area contributed by atoms with Crippen LogP contribution in [0.2, 0.25) is 0 Å². The summed E-state index contributed by atoms with van der Waals surface area (Å²) < 4.78 is 0. The van der Waals surface area contributed by atoms with E-state index in [2.05, 4.69) is 67.0 Å². The van der Waals surface area contributed by atoms with Gasteiger partial charge in [0.05, 0.1) is 0 Å². The molecular weight excluding hydrogens is 448 g/mol. The smallest absolute Gasteiger partial charge is 0.102 e. The average molecular weight is 507 g/mol. The van der Waals surface area contributed by atoms with E-state index in [1.807, 2.05) is 0 Å². The second-order valence-corrected chi connectivity index (χ2v) is 11.6. The minimum atomic E-state index is 0.512. The Morgan fingerprint density at radius 3 is 1.35 bits per heavy atom. The Labute approximate surface area is 230 Å². The maximum Gasteiger partial charge on any atom is 0.102 e. The van der Waals surface area contributed by atoms with Gasteiger partial charge in [0.15, 0.2) is 0 Å². The van der Waals surface area contributed by atoms with Gasteiger partial charge in [-0.15, -0.1) is 0 Å². The molecule has 0 unspecified atom stereocenters. The molecule has 0 fully saturated rings. The van der Waals surface area contributed by atoms with Crippen molar-refractivity contribution in [1.29, 1.82) is 0 Å². The monoisotopic (exact) mass is 506 g/mol. The second-order valence-electron chi connectivity index (χ2n) is 11.6. The van der Waals surface area contributed by atoms with Gasteiger partial charge in [-0.2, -0.15) is 0 Å². The molecule has 3 rings (SSSR count). The summed E-state index contributed by atoms with van der Waals surface area (Å²) >= 11 is 0. The van der Waals surface area contributed by atoms with Gasteiger partial charge >= 0.3 is 0 Å². The van der Waals surface area contributed by atoms with Crippen LogP contribution in [0.25, 0.3) is 10.8 Å². The first-order valence-electron chi connectivity index (χ1n) is 16.4. The Hall–Kier alpha value is -1.70. The van der Waals surface area contributed by atoms with Crippen molar-refractivity contribution in [1.82, 2.24) is 0 Å². The SMILES string of the molecule is CCCCCCCCC1N(CCCCCCCC)c2cccc3cccc(c23)N1CCCCCCCC. The van der Waals surface area contributed by atoms with Crippen LogP contribution in [0.15, 0.2) is 36.4 Å². The molecule has 0 aliphatic carbocycles. The zero-order valence-electron chi connectivity index (χ0n) is 24.8. The van der Waals surface area contributed by atoms with E-state index < -0.39 is 0 Å². The van der Waals surface area contributed by atoms with Crippen molar-refractivity contribution in [2.45, 2.75) is 149 Å². The van der Waals surface area contributed by atoms with Gasteiger partial charge in [0.1, 0.15) is 6.17 Å². The summed E-state index contributed by atoms with van der Waals surface area (Å²) in [7, 11) is 0. The molecular formula is C35H58N2. The third kappa shape index (κ3) is 9.22. The van der Waals surface area contributed by atoms with E-state index in [0.717, 1.165) is 0 Å². The van der Waals surface area contributed by atoms with E-state index >= 15 is 0 Å². The first-order chi connectivity index (χ1) is 18.3. The molecule has 0 spiro atoms. The molecule has 0 amide bonds. The average Bonchev–Trinajstić information content (AvgIpc) is 2.92. The molecule has 0 saturated heterocycles. The zero-order valence-corrected chi connectivity index (χ0v) is 24.8. The molecule has 1 aliphatic rings. The highest BCUT2D eigenvalue weighted by molar-refractivity contribution is 6.05. The number of nitrogens with zero attached hydrogens (tertiary/aromatic N) is 2. The Kier molecular flexibility index (Phi) is 14.3. The van der Waals surface area contributed by atoms with Crippen molar-refractivity contribution in [2.24, 2.45) is 0 Å². The molecule has 2 aromatic rings. The molecule has 2 aromatic carbocycles. The van der Waals surface area contributed by atoms with Gasteiger partial charge in [-0.1, -0.05) is 141 Å². The quantitative estimate of drug-likeness (QED) is 0.155. The summed E-state index contributed by atoms with van der Waals surface area (Å²) in [5.74, 6) is 0. The van der Waals surface area contributed by atoms with Crippen molar-refractivity contribution in [3.8, 4) is 0 Å². The fraction of sp³-hybridized carbons (Fsp3) is 0.714. The summed E-state index contributed by atoms with van der Waals surface area (Å²) in [4.78, 5) is 5.66. The van der Waals surface area contributed by atoms with Crippen molar-refractivity contribution in [2.75, 3.05) is 22.9 Å². The van der Waals surface area contributed by atoms with E-state index in [0.29, 0.717) is 6.17 Å². The predicted molar refractivity (Wildman–Crippen MR) is 167 cm³/mol. The maximum absolute atomic E-state index is 2.83. The highest BCUT2D eigenvalue weighted by atomic mass is 15.4. The van der Waals surface area contributed by atoms with Crippen LogP contribution in [0, 0.1) is 0 Å². The van der Waals surface area contributed by atoms with Gasteiger partial charge < -0.3 is 9.80 Å². The fourth-order valence-corrected chi connectivity index (χ4v) is 6.35. The van der Waals surface area contributed by atoms with Crippen LogP contribution >= 0.6 is 0 Å². The van der Waals surface area contributed by atoms with E-state index in [1.165, 1.54) is 157 Å². The minimum Gasteiger partial charge on any atom is -0.351 e. The molecule has 1 heterocycles. The standard InChI is InChI=1S/C35H58N2/c1-4-7-10-13-16-19-28-34-36(29-20-17-14-11-8-5-2)32-26-22-24-31-25-23-27-33(35(31)32)37(34)30-21-18-15-12-9-6-3/h22-27,34H,4-21,28-30H2,1-3H3. The number of rotatable bonds is 21. The van der Waals surface area contributed by atoms with E-state index in [-0.39, 0.29) is 0 Å². The van der Waals surface area contributed by atoms with E-state index in [4.69, 9.17) is 0 Å². The third-order valence-corrected chi connectivity index (χ3v) is 8.52. The molecule has 0 aromatic heterocycles. The highest BCUT2D eigenvalue weighted by Gasteiger charge is 2.32. The topological polar surface area (TPSA) is 6.48 Å². The van der Waals surface area contributed by atoms with Crippen LogP contribution in [0.3, 0.4) is 0 Å². The lowest BCUT2D eigenvalue weighted by Gasteiger charge is -2.47. The molecule has 0 saturated carbocycles. The maximum atomic E-state index is 2.83. The van der Waals surface area contributed by atoms with Gasteiger partial charge in [-0.05, 0) is 43.2 Å². The van der Waals surface area contributed by atoms with Crippen molar-refractivity contribution < 1.29 is 0 Å². The first kappa shape index (κ1) is 29.9. The normalized spacial score (nSPS) is 13.7. The highest BCUT2D eigenvalue weighted by Crippen LogP contribution is 2.43. The summed E-state index contributed by atoms with van der Waals surface area (Å²) in [5.41, 5.74) is 2.99. The van der Waals surface area contributed by atoms with Crippen LogP contribution < -0.4 is 9.80 Å².